The van der Waals surface area contributed by atoms with E-state index in [1.807, 2.05) is 37.3 Å². The van der Waals surface area contributed by atoms with Crippen LogP contribution in [-0.2, 0) is 19.1 Å². The van der Waals surface area contributed by atoms with Crippen LogP contribution in [0.1, 0.15) is 24.9 Å². The van der Waals surface area contributed by atoms with Crippen molar-refractivity contribution in [1.82, 2.24) is 4.90 Å². The highest BCUT2D eigenvalue weighted by atomic mass is 16.6. The van der Waals surface area contributed by atoms with E-state index < -0.39 is 29.3 Å². The summed E-state index contributed by atoms with van der Waals surface area (Å²) in [4.78, 5) is 48.5. The fourth-order valence-corrected chi connectivity index (χ4v) is 3.32. The first-order valence-electron chi connectivity index (χ1n) is 9.40. The molecule has 1 N–H and O–H groups in total. The van der Waals surface area contributed by atoms with E-state index in [1.165, 1.54) is 24.3 Å². The average molecular weight is 411 g/mol. The van der Waals surface area contributed by atoms with Crippen molar-refractivity contribution in [1.29, 1.82) is 0 Å². The van der Waals surface area contributed by atoms with Crippen LogP contribution in [0.5, 0.6) is 0 Å². The smallest absolute Gasteiger partial charge is 0.311 e. The van der Waals surface area contributed by atoms with Crippen molar-refractivity contribution < 1.29 is 24.0 Å². The molecule has 0 spiro atoms. The van der Waals surface area contributed by atoms with Gasteiger partial charge in [0.05, 0.1) is 16.9 Å². The highest BCUT2D eigenvalue weighted by molar-refractivity contribution is 5.94. The molecule has 2 aromatic carbocycles. The number of nitro groups is 1. The van der Waals surface area contributed by atoms with Gasteiger partial charge in [0, 0.05) is 30.8 Å². The zero-order chi connectivity index (χ0) is 21.7. The third kappa shape index (κ3) is 4.99. The summed E-state index contributed by atoms with van der Waals surface area (Å²) in [5.74, 6) is -2.04. The van der Waals surface area contributed by atoms with Crippen LogP contribution in [0.25, 0.3) is 0 Å². The maximum Gasteiger partial charge on any atom is 0.311 e. The Kier molecular flexibility index (Phi) is 6.41. The molecular formula is C21H21N3O6. The Balaban J connectivity index is 1.51. The number of non-ortho nitro benzene ring substituents is 1. The second kappa shape index (κ2) is 9.17. The molecule has 156 valence electrons. The molecule has 0 bridgehead atoms. The molecule has 2 amide bonds. The Bertz CT molecular complexity index is 962. The Morgan fingerprint density at radius 1 is 1.23 bits per heavy atom. The molecule has 30 heavy (non-hydrogen) atoms. The molecule has 0 saturated carbocycles. The minimum Gasteiger partial charge on any atom is -0.455 e. The Morgan fingerprint density at radius 3 is 2.67 bits per heavy atom. The molecule has 1 fully saturated rings. The van der Waals surface area contributed by atoms with Gasteiger partial charge in [0.2, 0.25) is 5.91 Å². The van der Waals surface area contributed by atoms with Crippen molar-refractivity contribution in [3.63, 3.8) is 0 Å². The largest absolute Gasteiger partial charge is 0.455 e. The minimum atomic E-state index is -0.644. The summed E-state index contributed by atoms with van der Waals surface area (Å²) in [6, 6.07) is 14.8. The summed E-state index contributed by atoms with van der Waals surface area (Å²) in [5, 5.41) is 13.2. The van der Waals surface area contributed by atoms with Crippen LogP contribution in [0, 0.1) is 16.0 Å². The molecule has 9 heteroatoms. The number of amides is 2. The predicted octanol–water partition coefficient (Wildman–Crippen LogP) is 2.69. The number of carbonyl (C=O) groups is 3. The van der Waals surface area contributed by atoms with Crippen LogP contribution < -0.4 is 5.32 Å². The van der Waals surface area contributed by atoms with Crippen LogP contribution in [0.3, 0.4) is 0 Å². The lowest BCUT2D eigenvalue weighted by Crippen LogP contribution is -2.30. The highest BCUT2D eigenvalue weighted by Gasteiger charge is 2.38. The maximum atomic E-state index is 12.4. The number of benzene rings is 2. The van der Waals surface area contributed by atoms with E-state index in [4.69, 9.17) is 4.74 Å². The number of nitrogens with one attached hydrogen (secondary N) is 1. The third-order valence-electron chi connectivity index (χ3n) is 4.93. The number of ether oxygens (including phenoxy) is 1. The topological polar surface area (TPSA) is 119 Å². The molecule has 0 unspecified atom stereocenters. The first-order valence-corrected chi connectivity index (χ1v) is 9.40. The van der Waals surface area contributed by atoms with E-state index in [1.54, 1.807) is 4.90 Å². The molecule has 0 aliphatic carbocycles. The van der Waals surface area contributed by atoms with Crippen LogP contribution in [0.4, 0.5) is 11.4 Å². The highest BCUT2D eigenvalue weighted by Crippen LogP contribution is 2.29. The predicted molar refractivity (Wildman–Crippen MR) is 107 cm³/mol. The summed E-state index contributed by atoms with van der Waals surface area (Å²) in [7, 11) is 0. The molecule has 1 aliphatic rings. The van der Waals surface area contributed by atoms with Crippen molar-refractivity contribution in [3.05, 3.63) is 70.3 Å². The van der Waals surface area contributed by atoms with Gasteiger partial charge in [-0.15, -0.1) is 0 Å². The van der Waals surface area contributed by atoms with Crippen LogP contribution >= 0.6 is 0 Å². The third-order valence-corrected chi connectivity index (χ3v) is 4.93. The fraction of sp³-hybridized carbons (Fsp3) is 0.286. The molecular weight excluding hydrogens is 390 g/mol. The summed E-state index contributed by atoms with van der Waals surface area (Å²) in [5.41, 5.74) is 1.03. The van der Waals surface area contributed by atoms with Gasteiger partial charge in [-0.1, -0.05) is 36.4 Å². The quantitative estimate of drug-likeness (QED) is 0.425. The molecule has 3 rings (SSSR count). The Morgan fingerprint density at radius 2 is 1.97 bits per heavy atom. The van der Waals surface area contributed by atoms with Gasteiger partial charge in [-0.3, -0.25) is 24.5 Å². The number of nitrogens with zero attached hydrogens (tertiary/aromatic N) is 2. The maximum absolute atomic E-state index is 12.4. The molecule has 1 aliphatic heterocycles. The first kappa shape index (κ1) is 21.0. The SMILES string of the molecule is C[C@@H](c1ccccc1)N1C[C@@H](C(=O)OCC(=O)Nc2cccc([N+](=O)[O-])c2)CC1=O. The van der Waals surface area contributed by atoms with Crippen molar-refractivity contribution in [2.45, 2.75) is 19.4 Å². The normalized spacial score (nSPS) is 16.8. The lowest BCUT2D eigenvalue weighted by Gasteiger charge is -2.25. The summed E-state index contributed by atoms with van der Waals surface area (Å²) < 4.78 is 5.06. The van der Waals surface area contributed by atoms with Crippen molar-refractivity contribution in [3.8, 4) is 0 Å². The number of carbonyl (C=O) groups excluding carboxylic acids is 3. The fourth-order valence-electron chi connectivity index (χ4n) is 3.32. The molecule has 1 heterocycles. The first-order chi connectivity index (χ1) is 14.3. The molecule has 2 aromatic rings. The van der Waals surface area contributed by atoms with Gasteiger partial charge >= 0.3 is 5.97 Å². The summed E-state index contributed by atoms with van der Waals surface area (Å²) in [6.45, 7) is 1.58. The zero-order valence-corrected chi connectivity index (χ0v) is 16.3. The monoisotopic (exact) mass is 411 g/mol. The summed E-state index contributed by atoms with van der Waals surface area (Å²) in [6.07, 6.45) is 0.0303. The van der Waals surface area contributed by atoms with E-state index in [0.29, 0.717) is 0 Å². The van der Waals surface area contributed by atoms with E-state index in [0.717, 1.165) is 5.56 Å². The van der Waals surface area contributed by atoms with Gasteiger partial charge in [-0.2, -0.15) is 0 Å². The van der Waals surface area contributed by atoms with E-state index >= 15 is 0 Å². The van der Waals surface area contributed by atoms with Crippen LogP contribution in [-0.4, -0.2) is 40.8 Å². The molecule has 0 aromatic heterocycles. The number of anilines is 1. The lowest BCUT2D eigenvalue weighted by molar-refractivity contribution is -0.384. The van der Waals surface area contributed by atoms with Crippen molar-refractivity contribution in [2.75, 3.05) is 18.5 Å². The Labute approximate surface area is 172 Å². The number of nitro benzene ring substituents is 1. The van der Waals surface area contributed by atoms with Crippen LogP contribution in [0.2, 0.25) is 0 Å². The van der Waals surface area contributed by atoms with Crippen LogP contribution in [0.15, 0.2) is 54.6 Å². The second-order valence-corrected chi connectivity index (χ2v) is 7.00. The number of hydrogen-bond acceptors (Lipinski definition) is 6. The van der Waals surface area contributed by atoms with Gasteiger partial charge in [-0.05, 0) is 18.6 Å². The zero-order valence-electron chi connectivity index (χ0n) is 16.3. The van der Waals surface area contributed by atoms with Gasteiger partial charge in [-0.25, -0.2) is 0 Å². The van der Waals surface area contributed by atoms with E-state index in [9.17, 15) is 24.5 Å². The second-order valence-electron chi connectivity index (χ2n) is 7.00. The van der Waals surface area contributed by atoms with Gasteiger partial charge in [0.1, 0.15) is 0 Å². The number of esters is 1. The van der Waals surface area contributed by atoms with E-state index in [2.05, 4.69) is 5.32 Å². The van der Waals surface area contributed by atoms with Gasteiger partial charge in [0.25, 0.3) is 11.6 Å². The molecule has 1 saturated heterocycles. The number of hydrogen-bond donors (Lipinski definition) is 1. The Hall–Kier alpha value is -3.75. The minimum absolute atomic E-state index is 0.0303. The average Bonchev–Trinajstić information content (AvgIpc) is 3.14. The molecule has 9 nitrogen and oxygen atoms in total. The van der Waals surface area contributed by atoms with Crippen molar-refractivity contribution >= 4 is 29.2 Å². The van der Waals surface area contributed by atoms with Gasteiger partial charge in [0.15, 0.2) is 6.61 Å². The molecule has 0 radical (unpaired) electrons. The lowest BCUT2D eigenvalue weighted by atomic mass is 10.1. The van der Waals surface area contributed by atoms with E-state index in [-0.39, 0.29) is 36.3 Å². The van der Waals surface area contributed by atoms with Crippen molar-refractivity contribution in [2.24, 2.45) is 5.92 Å². The molecule has 2 atom stereocenters. The van der Waals surface area contributed by atoms with Gasteiger partial charge < -0.3 is 15.0 Å². The number of rotatable bonds is 7. The standard InChI is InChI=1S/C21H21N3O6/c1-14(15-6-3-2-4-7-15)23-12-16(10-20(23)26)21(27)30-13-19(25)22-17-8-5-9-18(11-17)24(28)29/h2-9,11,14,16H,10,12-13H2,1H3,(H,22,25)/t14-,16-/m0/s1. The number of likely N-dealkylation sites (tertiary alicyclic amines) is 1. The summed E-state index contributed by atoms with van der Waals surface area (Å²) >= 11 is 0.